The van der Waals surface area contributed by atoms with Crippen molar-refractivity contribution in [2.75, 3.05) is 6.54 Å². The summed E-state index contributed by atoms with van der Waals surface area (Å²) in [5, 5.41) is 4.32. The molecule has 21 heavy (non-hydrogen) atoms. The van der Waals surface area contributed by atoms with Gasteiger partial charge in [0.2, 0.25) is 0 Å². The van der Waals surface area contributed by atoms with Crippen LogP contribution in [0.25, 0.3) is 0 Å². The second kappa shape index (κ2) is 7.21. The third-order valence-corrected chi connectivity index (χ3v) is 3.76. The molecule has 0 heterocycles. The predicted molar refractivity (Wildman–Crippen MR) is 82.9 cm³/mol. The molecule has 0 fully saturated rings. The molecule has 112 valence electrons. The Kier molecular flexibility index (Phi) is 5.57. The number of benzene rings is 2. The van der Waals surface area contributed by atoms with Crippen LogP contribution < -0.4 is 5.32 Å². The third-order valence-electron chi connectivity index (χ3n) is 3.18. The van der Waals surface area contributed by atoms with Gasteiger partial charge >= 0.3 is 0 Å². The maximum Gasteiger partial charge on any atom is 0.126 e. The Morgan fingerprint density at radius 3 is 2.29 bits per heavy atom. The van der Waals surface area contributed by atoms with E-state index in [2.05, 4.69) is 5.32 Å². The minimum atomic E-state index is -0.588. The van der Waals surface area contributed by atoms with E-state index in [1.54, 1.807) is 12.1 Å². The third kappa shape index (κ3) is 4.40. The average Bonchev–Trinajstić information content (AvgIpc) is 2.40. The van der Waals surface area contributed by atoms with Crippen molar-refractivity contribution in [2.45, 2.75) is 19.4 Å². The van der Waals surface area contributed by atoms with E-state index in [0.717, 1.165) is 11.6 Å². The van der Waals surface area contributed by atoms with Crippen molar-refractivity contribution in [2.24, 2.45) is 0 Å². The summed E-state index contributed by atoms with van der Waals surface area (Å²) in [5.41, 5.74) is 1.43. The molecule has 0 aliphatic carbocycles. The molecule has 1 unspecified atom stereocenters. The summed E-state index contributed by atoms with van der Waals surface area (Å²) in [7, 11) is 0. The predicted octanol–water partition coefficient (Wildman–Crippen LogP) is 5.16. The number of halogens is 4. The molecule has 1 N–H and O–H groups in total. The molecular formula is C16H15Cl2F2N. The van der Waals surface area contributed by atoms with Gasteiger partial charge < -0.3 is 5.32 Å². The van der Waals surface area contributed by atoms with Gasteiger partial charge in [-0.15, -0.1) is 0 Å². The van der Waals surface area contributed by atoms with Crippen LogP contribution in [0, 0.1) is 11.6 Å². The van der Waals surface area contributed by atoms with E-state index in [9.17, 15) is 8.78 Å². The highest BCUT2D eigenvalue weighted by atomic mass is 35.5. The summed E-state index contributed by atoms with van der Waals surface area (Å²) >= 11 is 12.0. The molecule has 1 nitrogen and oxygen atoms in total. The number of hydrogen-bond donors (Lipinski definition) is 1. The Morgan fingerprint density at radius 2 is 1.71 bits per heavy atom. The van der Waals surface area contributed by atoms with Crippen LogP contribution in [0.2, 0.25) is 10.0 Å². The fraction of sp³-hybridized carbons (Fsp3) is 0.250. The lowest BCUT2D eigenvalue weighted by molar-refractivity contribution is 0.529. The molecule has 1 atom stereocenters. The number of likely N-dealkylation sites (N-methyl/N-ethyl adjacent to an activating group) is 1. The maximum absolute atomic E-state index is 13.4. The summed E-state index contributed by atoms with van der Waals surface area (Å²) < 4.78 is 26.8. The monoisotopic (exact) mass is 329 g/mol. The van der Waals surface area contributed by atoms with E-state index in [4.69, 9.17) is 23.2 Å². The van der Waals surface area contributed by atoms with E-state index in [1.165, 1.54) is 12.1 Å². The molecule has 0 radical (unpaired) electrons. The number of rotatable bonds is 5. The maximum atomic E-state index is 13.4. The van der Waals surface area contributed by atoms with Crippen molar-refractivity contribution < 1.29 is 8.78 Å². The molecule has 2 aromatic rings. The molecule has 0 aliphatic heterocycles. The normalized spacial score (nSPS) is 12.4. The molecule has 2 aromatic carbocycles. The molecule has 0 spiro atoms. The largest absolute Gasteiger partial charge is 0.310 e. The van der Waals surface area contributed by atoms with Crippen LogP contribution in [-0.4, -0.2) is 6.54 Å². The Labute approximate surface area is 132 Å². The summed E-state index contributed by atoms with van der Waals surface area (Å²) in [5.74, 6) is -1.18. The zero-order valence-corrected chi connectivity index (χ0v) is 13.0. The Bertz CT molecular complexity index is 611. The molecule has 5 heteroatoms. The van der Waals surface area contributed by atoms with Gasteiger partial charge in [0.05, 0.1) is 0 Å². The molecule has 0 aliphatic rings. The molecule has 0 bridgehead atoms. The van der Waals surface area contributed by atoms with Crippen molar-refractivity contribution in [3.8, 4) is 0 Å². The van der Waals surface area contributed by atoms with Crippen LogP contribution in [0.3, 0.4) is 0 Å². The van der Waals surface area contributed by atoms with Gasteiger partial charge in [0.15, 0.2) is 0 Å². The van der Waals surface area contributed by atoms with Crippen molar-refractivity contribution in [1.82, 2.24) is 5.32 Å². The SMILES string of the molecule is CCNC(Cc1ccc(Cl)cc1Cl)c1cc(F)cc(F)c1. The van der Waals surface area contributed by atoms with Gasteiger partial charge in [-0.1, -0.05) is 36.2 Å². The minimum Gasteiger partial charge on any atom is -0.310 e. The van der Waals surface area contributed by atoms with Gasteiger partial charge in [0.1, 0.15) is 11.6 Å². The second-order valence-corrected chi connectivity index (χ2v) is 5.60. The van der Waals surface area contributed by atoms with Crippen LogP contribution in [0.5, 0.6) is 0 Å². The lowest BCUT2D eigenvalue weighted by Crippen LogP contribution is -2.23. The fourth-order valence-corrected chi connectivity index (χ4v) is 2.72. The van der Waals surface area contributed by atoms with Crippen LogP contribution in [0.15, 0.2) is 36.4 Å². The zero-order valence-electron chi connectivity index (χ0n) is 11.5. The molecule has 0 amide bonds. The highest BCUT2D eigenvalue weighted by Crippen LogP contribution is 2.27. The first-order valence-electron chi connectivity index (χ1n) is 6.63. The number of hydrogen-bond acceptors (Lipinski definition) is 1. The second-order valence-electron chi connectivity index (χ2n) is 4.75. The van der Waals surface area contributed by atoms with Crippen LogP contribution in [0.1, 0.15) is 24.1 Å². The number of nitrogens with one attached hydrogen (secondary N) is 1. The van der Waals surface area contributed by atoms with Gasteiger partial charge in [-0.3, -0.25) is 0 Å². The van der Waals surface area contributed by atoms with E-state index < -0.39 is 11.6 Å². The van der Waals surface area contributed by atoms with E-state index in [-0.39, 0.29) is 6.04 Å². The topological polar surface area (TPSA) is 12.0 Å². The standard InChI is InChI=1S/C16H15Cl2F2N/c1-2-21-16(11-5-13(19)9-14(20)6-11)7-10-3-4-12(17)8-15(10)18/h3-6,8-9,16,21H,2,7H2,1H3. The Hall–Kier alpha value is -1.16. The van der Waals surface area contributed by atoms with Gasteiger partial charge in [0, 0.05) is 22.2 Å². The summed E-state index contributed by atoms with van der Waals surface area (Å²) in [4.78, 5) is 0. The minimum absolute atomic E-state index is 0.223. The molecule has 0 saturated heterocycles. The van der Waals surface area contributed by atoms with Gasteiger partial charge in [-0.2, -0.15) is 0 Å². The van der Waals surface area contributed by atoms with Crippen molar-refractivity contribution >= 4 is 23.2 Å². The van der Waals surface area contributed by atoms with Gasteiger partial charge in [-0.25, -0.2) is 8.78 Å². The first-order valence-corrected chi connectivity index (χ1v) is 7.38. The highest BCUT2D eigenvalue weighted by molar-refractivity contribution is 6.35. The van der Waals surface area contributed by atoms with Crippen LogP contribution >= 0.6 is 23.2 Å². The summed E-state index contributed by atoms with van der Waals surface area (Å²) in [6.45, 7) is 2.61. The molecule has 0 saturated carbocycles. The summed E-state index contributed by atoms with van der Waals surface area (Å²) in [6, 6.07) is 8.54. The van der Waals surface area contributed by atoms with Crippen LogP contribution in [-0.2, 0) is 6.42 Å². The molecular weight excluding hydrogens is 315 g/mol. The zero-order chi connectivity index (χ0) is 15.4. The smallest absolute Gasteiger partial charge is 0.126 e. The first-order chi connectivity index (χ1) is 9.99. The van der Waals surface area contributed by atoms with Gasteiger partial charge in [-0.05, 0) is 48.4 Å². The van der Waals surface area contributed by atoms with Crippen LogP contribution in [0.4, 0.5) is 8.78 Å². The summed E-state index contributed by atoms with van der Waals surface area (Å²) in [6.07, 6.45) is 0.521. The van der Waals surface area contributed by atoms with Crippen molar-refractivity contribution in [3.05, 3.63) is 69.2 Å². The van der Waals surface area contributed by atoms with E-state index >= 15 is 0 Å². The Balaban J connectivity index is 2.30. The van der Waals surface area contributed by atoms with Gasteiger partial charge in [0.25, 0.3) is 0 Å². The Morgan fingerprint density at radius 1 is 1.05 bits per heavy atom. The highest BCUT2D eigenvalue weighted by Gasteiger charge is 2.15. The quantitative estimate of drug-likeness (QED) is 0.798. The lowest BCUT2D eigenvalue weighted by atomic mass is 9.98. The van der Waals surface area contributed by atoms with E-state index in [1.807, 2.05) is 13.0 Å². The molecule has 2 rings (SSSR count). The first kappa shape index (κ1) is 16.2. The van der Waals surface area contributed by atoms with E-state index in [0.29, 0.717) is 28.6 Å². The van der Waals surface area contributed by atoms with Crippen molar-refractivity contribution in [3.63, 3.8) is 0 Å². The average molecular weight is 330 g/mol. The lowest BCUT2D eigenvalue weighted by Gasteiger charge is -2.19. The molecule has 0 aromatic heterocycles. The van der Waals surface area contributed by atoms with Crippen molar-refractivity contribution in [1.29, 1.82) is 0 Å². The fourth-order valence-electron chi connectivity index (χ4n) is 2.24.